The Morgan fingerprint density at radius 3 is 2.53 bits per heavy atom. The summed E-state index contributed by atoms with van der Waals surface area (Å²) in [6.07, 6.45) is 6.13. The van der Waals surface area contributed by atoms with Crippen molar-refractivity contribution >= 4 is 15.9 Å². The normalized spacial score (nSPS) is 15.4. The van der Waals surface area contributed by atoms with E-state index in [0.29, 0.717) is 12.3 Å². The van der Waals surface area contributed by atoms with Crippen molar-refractivity contribution in [3.8, 4) is 0 Å². The number of nitrogens with one attached hydrogen (secondary N) is 1. The molecular weight excluding hydrogens is 402 g/mol. The van der Waals surface area contributed by atoms with Crippen LogP contribution in [-0.2, 0) is 21.4 Å². The first-order valence-corrected chi connectivity index (χ1v) is 12.0. The third-order valence-corrected chi connectivity index (χ3v) is 7.12. The third-order valence-electron chi connectivity index (χ3n) is 5.31. The minimum absolute atomic E-state index is 0.00437. The van der Waals surface area contributed by atoms with E-state index in [4.69, 9.17) is 4.42 Å². The number of likely N-dealkylation sites (tertiary alicyclic amines) is 1. The van der Waals surface area contributed by atoms with Crippen molar-refractivity contribution in [2.45, 2.75) is 44.0 Å². The highest BCUT2D eigenvalue weighted by Gasteiger charge is 2.27. The lowest BCUT2D eigenvalue weighted by Crippen LogP contribution is -2.41. The van der Waals surface area contributed by atoms with Crippen LogP contribution in [0.5, 0.6) is 0 Å². The Balaban J connectivity index is 1.59. The smallest absolute Gasteiger partial charge is 0.243 e. The summed E-state index contributed by atoms with van der Waals surface area (Å²) in [5.74, 6) is 0.180. The molecule has 0 aliphatic carbocycles. The van der Waals surface area contributed by atoms with Crippen LogP contribution in [0.15, 0.2) is 52.0 Å². The fraction of sp³-hybridized carbons (Fsp3) is 0.500. The maximum atomic E-state index is 13.1. The van der Waals surface area contributed by atoms with E-state index in [9.17, 15) is 13.2 Å². The molecule has 1 aromatic carbocycles. The van der Waals surface area contributed by atoms with Crippen molar-refractivity contribution < 1.29 is 17.6 Å². The van der Waals surface area contributed by atoms with Gasteiger partial charge in [-0.3, -0.25) is 4.79 Å². The number of furan rings is 1. The zero-order chi connectivity index (χ0) is 21.4. The molecule has 2 aromatic rings. The van der Waals surface area contributed by atoms with Crippen LogP contribution in [0.1, 0.15) is 37.0 Å². The molecule has 3 rings (SSSR count). The van der Waals surface area contributed by atoms with Gasteiger partial charge in [-0.2, -0.15) is 4.31 Å². The summed E-state index contributed by atoms with van der Waals surface area (Å²) in [6.45, 7) is 5.39. The van der Waals surface area contributed by atoms with Crippen LogP contribution in [-0.4, -0.2) is 56.3 Å². The minimum atomic E-state index is -3.83. The molecule has 0 saturated carbocycles. The average Bonchev–Trinajstić information content (AvgIpc) is 3.25. The van der Waals surface area contributed by atoms with Crippen LogP contribution in [0.4, 0.5) is 0 Å². The molecule has 1 aromatic heterocycles. The Kier molecular flexibility index (Phi) is 8.07. The van der Waals surface area contributed by atoms with Gasteiger partial charge >= 0.3 is 0 Å². The van der Waals surface area contributed by atoms with Gasteiger partial charge in [0.15, 0.2) is 0 Å². The van der Waals surface area contributed by atoms with Gasteiger partial charge in [0.1, 0.15) is 5.76 Å². The number of sulfonamides is 1. The summed E-state index contributed by atoms with van der Waals surface area (Å²) < 4.78 is 32.8. The fourth-order valence-electron chi connectivity index (χ4n) is 3.59. The summed E-state index contributed by atoms with van der Waals surface area (Å²) in [5, 5.41) is 2.86. The van der Waals surface area contributed by atoms with Crippen molar-refractivity contribution in [1.29, 1.82) is 0 Å². The van der Waals surface area contributed by atoms with E-state index in [1.54, 1.807) is 36.4 Å². The molecular formula is C22H31N3O4S. The van der Waals surface area contributed by atoms with Gasteiger partial charge in [-0.05, 0) is 70.1 Å². The predicted molar refractivity (Wildman–Crippen MR) is 115 cm³/mol. The minimum Gasteiger partial charge on any atom is -0.468 e. The van der Waals surface area contributed by atoms with Crippen LogP contribution < -0.4 is 5.32 Å². The van der Waals surface area contributed by atoms with E-state index in [1.165, 1.54) is 25.5 Å². The molecule has 1 N–H and O–H groups in total. The largest absolute Gasteiger partial charge is 0.468 e. The highest BCUT2D eigenvalue weighted by atomic mass is 32.2. The lowest BCUT2D eigenvalue weighted by Gasteiger charge is -2.26. The summed E-state index contributed by atoms with van der Waals surface area (Å²) in [4.78, 5) is 15.1. The number of hydrogen-bond acceptors (Lipinski definition) is 5. The van der Waals surface area contributed by atoms with E-state index in [1.807, 2.05) is 6.92 Å². The molecule has 1 amide bonds. The molecule has 7 nitrogen and oxygen atoms in total. The van der Waals surface area contributed by atoms with Gasteiger partial charge in [-0.15, -0.1) is 0 Å². The Hall–Kier alpha value is -2.16. The summed E-state index contributed by atoms with van der Waals surface area (Å²) in [6, 6.07) is 10.0. The van der Waals surface area contributed by atoms with Crippen molar-refractivity contribution in [2.24, 2.45) is 0 Å². The maximum Gasteiger partial charge on any atom is 0.243 e. The van der Waals surface area contributed by atoms with Crippen molar-refractivity contribution in [3.63, 3.8) is 0 Å². The molecule has 1 aliphatic heterocycles. The van der Waals surface area contributed by atoms with E-state index in [2.05, 4.69) is 10.2 Å². The molecule has 0 bridgehead atoms. The highest BCUT2D eigenvalue weighted by Crippen LogP contribution is 2.19. The van der Waals surface area contributed by atoms with Gasteiger partial charge in [0.25, 0.3) is 0 Å². The molecule has 8 heteroatoms. The predicted octanol–water partition coefficient (Wildman–Crippen LogP) is 2.77. The molecule has 164 valence electrons. The number of rotatable bonds is 10. The van der Waals surface area contributed by atoms with E-state index >= 15 is 0 Å². The Morgan fingerprint density at radius 1 is 1.13 bits per heavy atom. The molecule has 1 aliphatic rings. The molecule has 0 atom stereocenters. The molecule has 0 spiro atoms. The molecule has 0 radical (unpaired) electrons. The van der Waals surface area contributed by atoms with Gasteiger partial charge in [-0.1, -0.05) is 24.1 Å². The Morgan fingerprint density at radius 2 is 1.87 bits per heavy atom. The molecule has 1 fully saturated rings. The van der Waals surface area contributed by atoms with Gasteiger partial charge in [0, 0.05) is 6.54 Å². The third kappa shape index (κ3) is 6.42. The van der Waals surface area contributed by atoms with Crippen LogP contribution in [0.3, 0.4) is 0 Å². The zero-order valence-corrected chi connectivity index (χ0v) is 18.4. The van der Waals surface area contributed by atoms with E-state index in [-0.39, 0.29) is 23.9 Å². The van der Waals surface area contributed by atoms with Crippen LogP contribution in [0.25, 0.3) is 0 Å². The number of aryl methyl sites for hydroxylation is 1. The molecule has 30 heavy (non-hydrogen) atoms. The van der Waals surface area contributed by atoms with Crippen LogP contribution >= 0.6 is 0 Å². The maximum absolute atomic E-state index is 13.1. The molecule has 2 heterocycles. The average molecular weight is 434 g/mol. The SMILES string of the molecule is Cc1ccc(S(=O)(=O)N(CC(=O)NCCCN2CCCCC2)Cc2ccco2)cc1. The van der Waals surface area contributed by atoms with Gasteiger partial charge in [0.2, 0.25) is 15.9 Å². The summed E-state index contributed by atoms with van der Waals surface area (Å²) >= 11 is 0. The Labute approximate surface area is 179 Å². The number of hydrogen-bond donors (Lipinski definition) is 1. The molecule has 0 unspecified atom stereocenters. The first kappa shape index (κ1) is 22.5. The monoisotopic (exact) mass is 433 g/mol. The molecule has 1 saturated heterocycles. The summed E-state index contributed by atoms with van der Waals surface area (Å²) in [5.41, 5.74) is 0.970. The number of nitrogens with zero attached hydrogens (tertiary/aromatic N) is 2. The number of carbonyl (C=O) groups excluding carboxylic acids is 1. The van der Waals surface area contributed by atoms with Crippen molar-refractivity contribution in [3.05, 3.63) is 54.0 Å². The highest BCUT2D eigenvalue weighted by molar-refractivity contribution is 7.89. The van der Waals surface area contributed by atoms with Crippen LogP contribution in [0.2, 0.25) is 0 Å². The quantitative estimate of drug-likeness (QED) is 0.583. The zero-order valence-electron chi connectivity index (χ0n) is 17.5. The number of carbonyl (C=O) groups is 1. The number of amides is 1. The van der Waals surface area contributed by atoms with Crippen LogP contribution in [0, 0.1) is 6.92 Å². The topological polar surface area (TPSA) is 82.9 Å². The number of piperidine rings is 1. The second-order valence-electron chi connectivity index (χ2n) is 7.77. The Bertz CT molecular complexity index is 889. The van der Waals surface area contributed by atoms with E-state index < -0.39 is 10.0 Å². The van der Waals surface area contributed by atoms with Crippen molar-refractivity contribution in [2.75, 3.05) is 32.7 Å². The first-order chi connectivity index (χ1) is 14.4. The lowest BCUT2D eigenvalue weighted by molar-refractivity contribution is -0.121. The van der Waals surface area contributed by atoms with Gasteiger partial charge in [0.05, 0.1) is 24.2 Å². The van der Waals surface area contributed by atoms with Gasteiger partial charge < -0.3 is 14.6 Å². The van der Waals surface area contributed by atoms with E-state index in [0.717, 1.165) is 35.9 Å². The summed E-state index contributed by atoms with van der Waals surface area (Å²) in [7, 11) is -3.83. The first-order valence-electron chi connectivity index (χ1n) is 10.5. The lowest BCUT2D eigenvalue weighted by atomic mass is 10.1. The van der Waals surface area contributed by atoms with Gasteiger partial charge in [-0.25, -0.2) is 8.42 Å². The number of benzene rings is 1. The standard InChI is InChI=1S/C22H31N3O4S/c1-19-8-10-21(11-9-19)30(27,28)25(17-20-7-5-16-29-20)18-22(26)23-12-6-15-24-13-3-2-4-14-24/h5,7-11,16H,2-4,6,12-15,17-18H2,1H3,(H,23,26). The second-order valence-corrected chi connectivity index (χ2v) is 9.71. The fourth-order valence-corrected chi connectivity index (χ4v) is 4.95. The van der Waals surface area contributed by atoms with Crippen molar-refractivity contribution in [1.82, 2.24) is 14.5 Å². The second kappa shape index (κ2) is 10.7.